The zero-order valence-corrected chi connectivity index (χ0v) is 28.9. The summed E-state index contributed by atoms with van der Waals surface area (Å²) in [6.07, 6.45) is 0. The van der Waals surface area contributed by atoms with E-state index in [1.807, 2.05) is 0 Å². The first kappa shape index (κ1) is 29.4. The highest BCUT2D eigenvalue weighted by atomic mass is 35.5. The van der Waals surface area contributed by atoms with Crippen LogP contribution in [0.25, 0.3) is 49.7 Å². The normalized spacial score (nSPS) is 13.2. The molecule has 0 atom stereocenters. The second kappa shape index (κ2) is 11.1. The molecule has 1 heterocycles. The standard InChI is InChI=1S/C49H31ClN2/c50-32-29-41-38-21-9-13-25-44(38)49(42-23-11-7-19-36(42)37-20-8-12-24-43(37)49)48(41)47(30-32)51(33-15-3-1-4-16-33)35-27-28-40-39-22-10-14-26-45(39)52(46(40)31-35)34-17-5-2-6-18-34/h1-31H. The van der Waals surface area contributed by atoms with Crippen molar-refractivity contribution in [1.82, 2.24) is 4.57 Å². The maximum Gasteiger partial charge on any atom is 0.0746 e. The van der Waals surface area contributed by atoms with E-state index in [9.17, 15) is 0 Å². The first-order valence-electron chi connectivity index (χ1n) is 17.8. The number of anilines is 3. The lowest BCUT2D eigenvalue weighted by atomic mass is 9.70. The molecular formula is C49H31ClN2. The summed E-state index contributed by atoms with van der Waals surface area (Å²) in [6, 6.07) is 68.2. The van der Waals surface area contributed by atoms with Crippen LogP contribution in [0.2, 0.25) is 5.02 Å². The molecule has 0 unspecified atom stereocenters. The van der Waals surface area contributed by atoms with E-state index in [-0.39, 0.29) is 0 Å². The van der Waals surface area contributed by atoms with Crippen molar-refractivity contribution in [3.63, 3.8) is 0 Å². The predicted molar refractivity (Wildman–Crippen MR) is 217 cm³/mol. The lowest BCUT2D eigenvalue weighted by Crippen LogP contribution is -2.28. The van der Waals surface area contributed by atoms with Gasteiger partial charge in [-0.15, -0.1) is 0 Å². The summed E-state index contributed by atoms with van der Waals surface area (Å²) in [5.74, 6) is 0. The summed E-state index contributed by atoms with van der Waals surface area (Å²) in [7, 11) is 0. The van der Waals surface area contributed by atoms with Crippen LogP contribution in [-0.4, -0.2) is 4.57 Å². The molecule has 1 aromatic heterocycles. The van der Waals surface area contributed by atoms with Gasteiger partial charge < -0.3 is 9.47 Å². The van der Waals surface area contributed by atoms with Crippen LogP contribution in [0.5, 0.6) is 0 Å². The molecule has 3 heteroatoms. The Bertz CT molecular complexity index is 2820. The van der Waals surface area contributed by atoms with Crippen LogP contribution in [0.3, 0.4) is 0 Å². The van der Waals surface area contributed by atoms with Gasteiger partial charge in [-0.3, -0.25) is 0 Å². The fraction of sp³-hybridized carbons (Fsp3) is 0.0204. The summed E-state index contributed by atoms with van der Waals surface area (Å²) >= 11 is 7.23. The summed E-state index contributed by atoms with van der Waals surface area (Å²) < 4.78 is 2.39. The van der Waals surface area contributed by atoms with Crippen LogP contribution in [0.4, 0.5) is 17.1 Å². The van der Waals surface area contributed by atoms with Gasteiger partial charge in [-0.05, 0) is 93.5 Å². The number of para-hydroxylation sites is 3. The van der Waals surface area contributed by atoms with Gasteiger partial charge in [0, 0.05) is 38.4 Å². The molecule has 8 aromatic carbocycles. The molecule has 9 aromatic rings. The van der Waals surface area contributed by atoms with Gasteiger partial charge in [-0.25, -0.2) is 0 Å². The number of hydrogen-bond acceptors (Lipinski definition) is 1. The number of nitrogens with zero attached hydrogens (tertiary/aromatic N) is 2. The van der Waals surface area contributed by atoms with Gasteiger partial charge in [0.05, 0.1) is 22.1 Å². The fourth-order valence-electron chi connectivity index (χ4n) is 9.31. The van der Waals surface area contributed by atoms with Crippen molar-refractivity contribution in [2.24, 2.45) is 0 Å². The van der Waals surface area contributed by atoms with E-state index in [0.717, 1.165) is 28.3 Å². The summed E-state index contributed by atoms with van der Waals surface area (Å²) in [5.41, 5.74) is 16.2. The molecule has 52 heavy (non-hydrogen) atoms. The summed E-state index contributed by atoms with van der Waals surface area (Å²) in [4.78, 5) is 2.42. The monoisotopic (exact) mass is 682 g/mol. The summed E-state index contributed by atoms with van der Waals surface area (Å²) in [5, 5.41) is 3.16. The van der Waals surface area contributed by atoms with E-state index in [0.29, 0.717) is 5.02 Å². The van der Waals surface area contributed by atoms with Crippen molar-refractivity contribution < 1.29 is 0 Å². The van der Waals surface area contributed by atoms with E-state index in [4.69, 9.17) is 11.6 Å². The number of halogens is 1. The minimum Gasteiger partial charge on any atom is -0.310 e. The zero-order chi connectivity index (χ0) is 34.4. The smallest absolute Gasteiger partial charge is 0.0746 e. The molecule has 244 valence electrons. The molecular weight excluding hydrogens is 652 g/mol. The fourth-order valence-corrected chi connectivity index (χ4v) is 9.52. The van der Waals surface area contributed by atoms with Crippen LogP contribution >= 0.6 is 11.6 Å². The third-order valence-electron chi connectivity index (χ3n) is 11.2. The third-order valence-corrected chi connectivity index (χ3v) is 11.4. The van der Waals surface area contributed by atoms with Gasteiger partial charge in [0.25, 0.3) is 0 Å². The molecule has 11 rings (SSSR count). The van der Waals surface area contributed by atoms with Crippen LogP contribution in [-0.2, 0) is 5.41 Å². The molecule has 1 spiro atoms. The second-order valence-corrected chi connectivity index (χ2v) is 14.2. The Kier molecular flexibility index (Phi) is 6.26. The quantitative estimate of drug-likeness (QED) is 0.179. The van der Waals surface area contributed by atoms with E-state index in [2.05, 4.69) is 198 Å². The highest BCUT2D eigenvalue weighted by Crippen LogP contribution is 2.65. The Hall–Kier alpha value is -6.35. The molecule has 2 nitrogen and oxygen atoms in total. The minimum absolute atomic E-state index is 0.533. The van der Waals surface area contributed by atoms with Crippen molar-refractivity contribution in [1.29, 1.82) is 0 Å². The van der Waals surface area contributed by atoms with E-state index in [1.54, 1.807) is 0 Å². The molecule has 2 aliphatic rings. The highest BCUT2D eigenvalue weighted by Gasteiger charge is 2.53. The maximum atomic E-state index is 7.23. The van der Waals surface area contributed by atoms with Crippen molar-refractivity contribution >= 4 is 50.5 Å². The van der Waals surface area contributed by atoms with Crippen LogP contribution in [0.1, 0.15) is 22.3 Å². The number of aromatic nitrogens is 1. The Labute approximate surface area is 307 Å². The van der Waals surface area contributed by atoms with Crippen LogP contribution in [0, 0.1) is 0 Å². The topological polar surface area (TPSA) is 8.17 Å². The van der Waals surface area contributed by atoms with Gasteiger partial charge in [0.1, 0.15) is 0 Å². The Balaban J connectivity index is 1.26. The first-order valence-corrected chi connectivity index (χ1v) is 18.2. The lowest BCUT2D eigenvalue weighted by molar-refractivity contribution is 0.793. The van der Waals surface area contributed by atoms with E-state index < -0.39 is 5.41 Å². The average Bonchev–Trinajstić information content (AvgIpc) is 3.80. The Morgan fingerprint density at radius 3 is 1.63 bits per heavy atom. The van der Waals surface area contributed by atoms with E-state index in [1.165, 1.54) is 60.8 Å². The Morgan fingerprint density at radius 2 is 0.962 bits per heavy atom. The van der Waals surface area contributed by atoms with Crippen molar-refractivity contribution in [3.05, 3.63) is 215 Å². The van der Waals surface area contributed by atoms with Gasteiger partial charge in [0.2, 0.25) is 0 Å². The SMILES string of the molecule is Clc1cc2c(c(N(c3ccccc3)c3ccc4c5ccccc5n(-c5ccccc5)c4c3)c1)C1(c3ccccc3-c3ccccc31)c1ccccc1-2. The number of hydrogen-bond donors (Lipinski definition) is 0. The number of fused-ring (bicyclic) bond motifs is 13. The largest absolute Gasteiger partial charge is 0.310 e. The van der Waals surface area contributed by atoms with Crippen LogP contribution < -0.4 is 4.90 Å². The van der Waals surface area contributed by atoms with Gasteiger partial charge in [-0.2, -0.15) is 0 Å². The van der Waals surface area contributed by atoms with Crippen molar-refractivity contribution in [3.8, 4) is 27.9 Å². The summed E-state index contributed by atoms with van der Waals surface area (Å²) in [6.45, 7) is 0. The second-order valence-electron chi connectivity index (χ2n) is 13.8. The molecule has 0 aliphatic heterocycles. The Morgan fingerprint density at radius 1 is 0.423 bits per heavy atom. The first-order chi connectivity index (χ1) is 25.7. The van der Waals surface area contributed by atoms with Crippen molar-refractivity contribution in [2.45, 2.75) is 5.41 Å². The predicted octanol–water partition coefficient (Wildman–Crippen LogP) is 13.3. The molecule has 2 aliphatic carbocycles. The zero-order valence-electron chi connectivity index (χ0n) is 28.2. The molecule has 0 amide bonds. The average molecular weight is 683 g/mol. The molecule has 0 saturated carbocycles. The maximum absolute atomic E-state index is 7.23. The van der Waals surface area contributed by atoms with Gasteiger partial charge in [-0.1, -0.05) is 145 Å². The molecule has 0 saturated heterocycles. The highest BCUT2D eigenvalue weighted by molar-refractivity contribution is 6.31. The van der Waals surface area contributed by atoms with Gasteiger partial charge >= 0.3 is 0 Å². The molecule has 0 N–H and O–H groups in total. The molecule has 0 bridgehead atoms. The number of benzene rings is 8. The molecule has 0 radical (unpaired) electrons. The van der Waals surface area contributed by atoms with E-state index >= 15 is 0 Å². The minimum atomic E-state index is -0.533. The number of rotatable bonds is 4. The molecule has 0 fully saturated rings. The third kappa shape index (κ3) is 3.90. The van der Waals surface area contributed by atoms with Crippen LogP contribution in [0.15, 0.2) is 188 Å². The lowest BCUT2D eigenvalue weighted by Gasteiger charge is -2.36. The van der Waals surface area contributed by atoms with Crippen molar-refractivity contribution in [2.75, 3.05) is 4.90 Å². The van der Waals surface area contributed by atoms with Gasteiger partial charge in [0.15, 0.2) is 0 Å².